The van der Waals surface area contributed by atoms with Gasteiger partial charge in [0.1, 0.15) is 17.5 Å². The number of nitrogens with zero attached hydrogens (tertiary/aromatic N) is 2. The number of nitrogens with two attached hydrogens (primary N) is 1. The summed E-state index contributed by atoms with van der Waals surface area (Å²) in [7, 11) is 1.62. The fraction of sp³-hybridized carbons (Fsp3) is 0.583. The normalized spacial score (nSPS) is 10.2. The van der Waals surface area contributed by atoms with Crippen molar-refractivity contribution in [1.29, 1.82) is 0 Å². The monoisotopic (exact) mass is 251 g/mol. The Labute approximate surface area is 107 Å². The first kappa shape index (κ1) is 14.2. The summed E-state index contributed by atoms with van der Waals surface area (Å²) in [6.07, 6.45) is 2.18. The molecule has 0 fully saturated rings. The SMILES string of the molecule is CCCc1nc(N)c(C)c(NCCC(=O)NC)n1. The third-order valence-corrected chi connectivity index (χ3v) is 2.63. The minimum absolute atomic E-state index is 0.00374. The van der Waals surface area contributed by atoms with Crippen LogP contribution in [0.5, 0.6) is 0 Å². The molecule has 1 rings (SSSR count). The number of hydrogen-bond donors (Lipinski definition) is 3. The number of nitrogens with one attached hydrogen (secondary N) is 2. The van der Waals surface area contributed by atoms with E-state index < -0.39 is 0 Å². The summed E-state index contributed by atoms with van der Waals surface area (Å²) in [5.74, 6) is 1.95. The molecule has 1 amide bonds. The lowest BCUT2D eigenvalue weighted by Crippen LogP contribution is -2.21. The van der Waals surface area contributed by atoms with Crippen molar-refractivity contribution in [2.75, 3.05) is 24.6 Å². The topological polar surface area (TPSA) is 92.9 Å². The van der Waals surface area contributed by atoms with Crippen molar-refractivity contribution >= 4 is 17.5 Å². The predicted octanol–water partition coefficient (Wildman–Crippen LogP) is 0.868. The Morgan fingerprint density at radius 3 is 2.72 bits per heavy atom. The van der Waals surface area contributed by atoms with Crippen LogP contribution in [0.3, 0.4) is 0 Å². The largest absolute Gasteiger partial charge is 0.383 e. The van der Waals surface area contributed by atoms with E-state index in [4.69, 9.17) is 5.73 Å². The molecule has 100 valence electrons. The minimum atomic E-state index is -0.00374. The average Bonchev–Trinajstić information content (AvgIpc) is 2.35. The molecule has 0 saturated carbocycles. The van der Waals surface area contributed by atoms with Crippen LogP contribution in [0.25, 0.3) is 0 Å². The molecule has 0 unspecified atom stereocenters. The van der Waals surface area contributed by atoms with E-state index in [1.807, 2.05) is 6.92 Å². The Hall–Kier alpha value is -1.85. The summed E-state index contributed by atoms with van der Waals surface area (Å²) in [5.41, 5.74) is 6.66. The van der Waals surface area contributed by atoms with Gasteiger partial charge < -0.3 is 16.4 Å². The first-order valence-corrected chi connectivity index (χ1v) is 6.15. The van der Waals surface area contributed by atoms with Crippen LogP contribution in [-0.4, -0.2) is 29.5 Å². The number of rotatable bonds is 6. The quantitative estimate of drug-likeness (QED) is 0.697. The summed E-state index contributed by atoms with van der Waals surface area (Å²) in [4.78, 5) is 19.8. The molecule has 6 heteroatoms. The Kier molecular flexibility index (Phi) is 5.35. The molecule has 1 aromatic heterocycles. The van der Waals surface area contributed by atoms with Crippen LogP contribution in [0, 0.1) is 6.92 Å². The van der Waals surface area contributed by atoms with Crippen LogP contribution in [0.1, 0.15) is 31.2 Å². The van der Waals surface area contributed by atoms with Gasteiger partial charge >= 0.3 is 0 Å². The maximum absolute atomic E-state index is 11.1. The highest BCUT2D eigenvalue weighted by Crippen LogP contribution is 2.17. The van der Waals surface area contributed by atoms with Gasteiger partial charge in [0.25, 0.3) is 0 Å². The Morgan fingerprint density at radius 1 is 1.39 bits per heavy atom. The number of carbonyl (C=O) groups excluding carboxylic acids is 1. The molecular weight excluding hydrogens is 230 g/mol. The number of aryl methyl sites for hydroxylation is 1. The van der Waals surface area contributed by atoms with E-state index in [9.17, 15) is 4.79 Å². The molecule has 0 aromatic carbocycles. The molecule has 1 heterocycles. The molecule has 4 N–H and O–H groups in total. The third-order valence-electron chi connectivity index (χ3n) is 2.63. The molecule has 6 nitrogen and oxygen atoms in total. The maximum Gasteiger partial charge on any atom is 0.221 e. The van der Waals surface area contributed by atoms with Gasteiger partial charge in [0.2, 0.25) is 5.91 Å². The van der Waals surface area contributed by atoms with Gasteiger partial charge in [-0.05, 0) is 13.3 Å². The van der Waals surface area contributed by atoms with E-state index in [0.29, 0.717) is 18.8 Å². The fourth-order valence-electron chi connectivity index (χ4n) is 1.51. The molecule has 0 bridgehead atoms. The number of hydrogen-bond acceptors (Lipinski definition) is 5. The van der Waals surface area contributed by atoms with Gasteiger partial charge in [0, 0.05) is 32.0 Å². The number of anilines is 2. The lowest BCUT2D eigenvalue weighted by molar-refractivity contribution is -0.120. The summed E-state index contributed by atoms with van der Waals surface area (Å²) in [5, 5.41) is 5.70. The van der Waals surface area contributed by atoms with Crippen molar-refractivity contribution in [2.45, 2.75) is 33.1 Å². The van der Waals surface area contributed by atoms with Crippen LogP contribution < -0.4 is 16.4 Å². The molecule has 0 aliphatic rings. The number of nitrogen functional groups attached to an aromatic ring is 1. The molecule has 0 spiro atoms. The summed E-state index contributed by atoms with van der Waals surface area (Å²) >= 11 is 0. The molecule has 0 radical (unpaired) electrons. The zero-order valence-corrected chi connectivity index (χ0v) is 11.2. The second-order valence-electron chi connectivity index (χ2n) is 4.10. The van der Waals surface area contributed by atoms with Crippen LogP contribution in [0.2, 0.25) is 0 Å². The van der Waals surface area contributed by atoms with Crippen LogP contribution >= 0.6 is 0 Å². The Bertz CT molecular complexity index is 419. The standard InChI is InChI=1S/C12H21N5O/c1-4-5-9-16-11(13)8(2)12(17-9)15-7-6-10(18)14-3/h4-7H2,1-3H3,(H,14,18)(H3,13,15,16,17). The maximum atomic E-state index is 11.1. The summed E-state index contributed by atoms with van der Waals surface area (Å²) in [6, 6.07) is 0. The van der Waals surface area contributed by atoms with Crippen molar-refractivity contribution in [3.63, 3.8) is 0 Å². The van der Waals surface area contributed by atoms with Crippen LogP contribution in [-0.2, 0) is 11.2 Å². The second kappa shape index (κ2) is 6.78. The van der Waals surface area contributed by atoms with E-state index >= 15 is 0 Å². The van der Waals surface area contributed by atoms with Gasteiger partial charge in [-0.25, -0.2) is 9.97 Å². The van der Waals surface area contributed by atoms with Crippen molar-refractivity contribution < 1.29 is 4.79 Å². The third kappa shape index (κ3) is 3.87. The molecule has 18 heavy (non-hydrogen) atoms. The predicted molar refractivity (Wildman–Crippen MR) is 72.3 cm³/mol. The highest BCUT2D eigenvalue weighted by atomic mass is 16.1. The molecule has 0 aliphatic carbocycles. The number of aromatic nitrogens is 2. The van der Waals surface area contributed by atoms with Gasteiger partial charge in [-0.1, -0.05) is 6.92 Å². The molecule has 0 atom stereocenters. The first-order valence-electron chi connectivity index (χ1n) is 6.15. The van der Waals surface area contributed by atoms with Crippen molar-refractivity contribution in [3.05, 3.63) is 11.4 Å². The van der Waals surface area contributed by atoms with E-state index in [2.05, 4.69) is 27.5 Å². The molecule has 0 saturated heterocycles. The van der Waals surface area contributed by atoms with E-state index in [-0.39, 0.29) is 5.91 Å². The molecule has 0 aliphatic heterocycles. The average molecular weight is 251 g/mol. The fourth-order valence-corrected chi connectivity index (χ4v) is 1.51. The van der Waals surface area contributed by atoms with Gasteiger partial charge in [0.05, 0.1) is 0 Å². The van der Waals surface area contributed by atoms with E-state index in [1.54, 1.807) is 7.05 Å². The molecular formula is C12H21N5O. The zero-order valence-electron chi connectivity index (χ0n) is 11.2. The van der Waals surface area contributed by atoms with Gasteiger partial charge in [0.15, 0.2) is 0 Å². The van der Waals surface area contributed by atoms with Crippen molar-refractivity contribution in [2.24, 2.45) is 0 Å². The smallest absolute Gasteiger partial charge is 0.221 e. The van der Waals surface area contributed by atoms with Crippen LogP contribution in [0.15, 0.2) is 0 Å². The minimum Gasteiger partial charge on any atom is -0.383 e. The van der Waals surface area contributed by atoms with Crippen molar-refractivity contribution in [3.8, 4) is 0 Å². The zero-order chi connectivity index (χ0) is 13.5. The second-order valence-corrected chi connectivity index (χ2v) is 4.10. The van der Waals surface area contributed by atoms with Gasteiger partial charge in [-0.15, -0.1) is 0 Å². The lowest BCUT2D eigenvalue weighted by Gasteiger charge is -2.11. The Balaban J connectivity index is 2.71. The highest BCUT2D eigenvalue weighted by Gasteiger charge is 2.08. The highest BCUT2D eigenvalue weighted by molar-refractivity contribution is 5.76. The summed E-state index contributed by atoms with van der Waals surface area (Å²) in [6.45, 7) is 4.47. The van der Waals surface area contributed by atoms with Crippen molar-refractivity contribution in [1.82, 2.24) is 15.3 Å². The number of carbonyl (C=O) groups is 1. The lowest BCUT2D eigenvalue weighted by atomic mass is 10.2. The van der Waals surface area contributed by atoms with E-state index in [0.717, 1.165) is 30.0 Å². The van der Waals surface area contributed by atoms with Crippen LogP contribution in [0.4, 0.5) is 11.6 Å². The first-order chi connectivity index (χ1) is 8.58. The molecule has 1 aromatic rings. The summed E-state index contributed by atoms with van der Waals surface area (Å²) < 4.78 is 0. The van der Waals surface area contributed by atoms with Gasteiger partial charge in [-0.3, -0.25) is 4.79 Å². The number of amides is 1. The van der Waals surface area contributed by atoms with E-state index in [1.165, 1.54) is 0 Å². The van der Waals surface area contributed by atoms with Gasteiger partial charge in [-0.2, -0.15) is 0 Å². The Morgan fingerprint density at radius 2 is 2.11 bits per heavy atom.